The van der Waals surface area contributed by atoms with Crippen molar-refractivity contribution in [2.75, 3.05) is 37.5 Å². The molecule has 0 aliphatic carbocycles. The molecule has 2 N–H and O–H groups in total. The average molecular weight is 457 g/mol. The topological polar surface area (TPSA) is 104 Å². The van der Waals surface area contributed by atoms with Crippen LogP contribution in [0.5, 0.6) is 0 Å². The number of carbonyl (C=O) groups is 3. The second-order valence-corrected chi connectivity index (χ2v) is 8.94. The molecule has 1 aromatic carbocycles. The highest BCUT2D eigenvalue weighted by atomic mass is 16.6. The first-order valence-electron chi connectivity index (χ1n) is 11.0. The number of aromatic nitrogens is 1. The molecule has 9 heteroatoms. The Labute approximate surface area is 194 Å². The molecular formula is C24H32N4O5. The Bertz CT molecular complexity index is 1040. The predicted octanol–water partition coefficient (Wildman–Crippen LogP) is 3.80. The molecule has 1 fully saturated rings. The van der Waals surface area contributed by atoms with Crippen molar-refractivity contribution in [3.05, 3.63) is 46.8 Å². The van der Waals surface area contributed by atoms with Crippen LogP contribution in [0.25, 0.3) is 0 Å². The minimum Gasteiger partial charge on any atom is -0.465 e. The van der Waals surface area contributed by atoms with Crippen molar-refractivity contribution in [3.63, 3.8) is 0 Å². The van der Waals surface area contributed by atoms with Crippen LogP contribution in [0.2, 0.25) is 0 Å². The maximum atomic E-state index is 12.7. The standard InChI is InChI=1S/C24H32N4O5/c1-7-17-19(21(29)32-6)18(26-20(17)22(30)33-24(2,3)4)14-25-15-8-10-16(11-9-15)28-13-12-27(5)23(28)31/h8-11,25-26H,7,12-14H2,1-6H3. The van der Waals surface area contributed by atoms with Gasteiger partial charge in [-0.3, -0.25) is 4.90 Å². The van der Waals surface area contributed by atoms with Crippen LogP contribution in [0, 0.1) is 0 Å². The first-order chi connectivity index (χ1) is 15.6. The van der Waals surface area contributed by atoms with Crippen LogP contribution in [0.15, 0.2) is 24.3 Å². The average Bonchev–Trinajstić information content (AvgIpc) is 3.31. The lowest BCUT2D eigenvalue weighted by Crippen LogP contribution is -2.29. The number of esters is 2. The number of hydrogen-bond acceptors (Lipinski definition) is 6. The van der Waals surface area contributed by atoms with Crippen molar-refractivity contribution in [1.29, 1.82) is 0 Å². The fourth-order valence-electron chi connectivity index (χ4n) is 3.77. The summed E-state index contributed by atoms with van der Waals surface area (Å²) in [7, 11) is 3.10. The highest BCUT2D eigenvalue weighted by molar-refractivity contribution is 5.99. The van der Waals surface area contributed by atoms with Gasteiger partial charge in [-0.05, 0) is 57.0 Å². The smallest absolute Gasteiger partial charge is 0.355 e. The number of H-pyrrole nitrogens is 1. The molecule has 1 aliphatic rings. The van der Waals surface area contributed by atoms with E-state index in [4.69, 9.17) is 9.47 Å². The molecule has 2 heterocycles. The van der Waals surface area contributed by atoms with Gasteiger partial charge in [0.15, 0.2) is 0 Å². The Morgan fingerprint density at radius 1 is 1.12 bits per heavy atom. The summed E-state index contributed by atoms with van der Waals surface area (Å²) in [5.41, 5.74) is 2.68. The Morgan fingerprint density at radius 2 is 1.79 bits per heavy atom. The maximum absolute atomic E-state index is 12.7. The van der Waals surface area contributed by atoms with Crippen molar-refractivity contribution in [3.8, 4) is 0 Å². The molecule has 1 aromatic heterocycles. The molecule has 9 nitrogen and oxygen atoms in total. The van der Waals surface area contributed by atoms with Crippen LogP contribution in [-0.4, -0.2) is 60.7 Å². The fraction of sp³-hybridized carbons (Fsp3) is 0.458. The minimum atomic E-state index is -0.662. The van der Waals surface area contributed by atoms with Crippen LogP contribution < -0.4 is 10.2 Å². The lowest BCUT2D eigenvalue weighted by molar-refractivity contribution is 0.00621. The van der Waals surface area contributed by atoms with Gasteiger partial charge in [0, 0.05) is 37.2 Å². The molecule has 0 bridgehead atoms. The van der Waals surface area contributed by atoms with Crippen LogP contribution in [0.1, 0.15) is 59.8 Å². The number of rotatable bonds is 7. The van der Waals surface area contributed by atoms with Gasteiger partial charge in [-0.1, -0.05) is 6.92 Å². The van der Waals surface area contributed by atoms with E-state index >= 15 is 0 Å². The second kappa shape index (κ2) is 9.56. The molecule has 178 valence electrons. The summed E-state index contributed by atoms with van der Waals surface area (Å²) in [6.45, 7) is 8.87. The summed E-state index contributed by atoms with van der Waals surface area (Å²) < 4.78 is 10.5. The Balaban J connectivity index is 1.82. The molecule has 3 rings (SSSR count). The van der Waals surface area contributed by atoms with Gasteiger partial charge in [0.2, 0.25) is 0 Å². The lowest BCUT2D eigenvalue weighted by atomic mass is 10.1. The SMILES string of the molecule is CCc1c(C(=O)OC(C)(C)C)[nH]c(CNc2ccc(N3CCN(C)C3=O)cc2)c1C(=O)OC. The van der Waals surface area contributed by atoms with Gasteiger partial charge in [-0.2, -0.15) is 0 Å². The third-order valence-corrected chi connectivity index (χ3v) is 5.39. The number of hydrogen-bond donors (Lipinski definition) is 2. The van der Waals surface area contributed by atoms with E-state index in [2.05, 4.69) is 10.3 Å². The van der Waals surface area contributed by atoms with Gasteiger partial charge < -0.3 is 24.7 Å². The molecule has 1 aliphatic heterocycles. The fourth-order valence-corrected chi connectivity index (χ4v) is 3.77. The Morgan fingerprint density at radius 3 is 2.30 bits per heavy atom. The van der Waals surface area contributed by atoms with Crippen molar-refractivity contribution >= 4 is 29.3 Å². The quantitative estimate of drug-likeness (QED) is 0.614. The number of likely N-dealkylation sites (N-methyl/N-ethyl adjacent to an activating group) is 1. The third kappa shape index (κ3) is 5.30. The highest BCUT2D eigenvalue weighted by Gasteiger charge is 2.29. The first-order valence-corrected chi connectivity index (χ1v) is 11.0. The number of ether oxygens (including phenoxy) is 2. The monoisotopic (exact) mass is 456 g/mol. The zero-order chi connectivity index (χ0) is 24.3. The van der Waals surface area contributed by atoms with E-state index in [1.807, 2.05) is 31.2 Å². The van der Waals surface area contributed by atoms with Gasteiger partial charge in [0.1, 0.15) is 11.3 Å². The van der Waals surface area contributed by atoms with Crippen LogP contribution in [0.4, 0.5) is 16.2 Å². The number of nitrogens with zero attached hydrogens (tertiary/aromatic N) is 2. The molecule has 1 saturated heterocycles. The largest absolute Gasteiger partial charge is 0.465 e. The van der Waals surface area contributed by atoms with Gasteiger partial charge in [0.25, 0.3) is 0 Å². The van der Waals surface area contributed by atoms with Crippen molar-refractivity contribution < 1.29 is 23.9 Å². The number of carbonyl (C=O) groups excluding carboxylic acids is 3. The number of amides is 2. The summed E-state index contributed by atoms with van der Waals surface area (Å²) in [5, 5.41) is 3.26. The summed E-state index contributed by atoms with van der Waals surface area (Å²) in [6, 6.07) is 7.47. The molecule has 2 aromatic rings. The van der Waals surface area contributed by atoms with E-state index in [1.54, 1.807) is 37.6 Å². The zero-order valence-corrected chi connectivity index (χ0v) is 20.1. The minimum absolute atomic E-state index is 0.0217. The number of nitrogens with one attached hydrogen (secondary N) is 2. The van der Waals surface area contributed by atoms with E-state index in [1.165, 1.54) is 7.11 Å². The van der Waals surface area contributed by atoms with Gasteiger partial charge in [0.05, 0.1) is 19.2 Å². The lowest BCUT2D eigenvalue weighted by Gasteiger charge is -2.19. The molecule has 33 heavy (non-hydrogen) atoms. The van der Waals surface area contributed by atoms with E-state index in [9.17, 15) is 14.4 Å². The normalized spacial score (nSPS) is 13.9. The van der Waals surface area contributed by atoms with Gasteiger partial charge >= 0.3 is 18.0 Å². The van der Waals surface area contributed by atoms with Gasteiger partial charge in [-0.15, -0.1) is 0 Å². The Kier molecular flexibility index (Phi) is 7.00. The summed E-state index contributed by atoms with van der Waals surface area (Å²) >= 11 is 0. The van der Waals surface area contributed by atoms with Crippen LogP contribution in [-0.2, 0) is 22.4 Å². The summed E-state index contributed by atoms with van der Waals surface area (Å²) in [4.78, 5) is 43.9. The molecule has 0 spiro atoms. The van der Waals surface area contributed by atoms with E-state index in [0.29, 0.717) is 36.3 Å². The number of aromatic amines is 1. The maximum Gasteiger partial charge on any atom is 0.355 e. The number of anilines is 2. The second-order valence-electron chi connectivity index (χ2n) is 8.94. The molecule has 0 radical (unpaired) electrons. The molecular weight excluding hydrogens is 424 g/mol. The zero-order valence-electron chi connectivity index (χ0n) is 20.1. The van der Waals surface area contributed by atoms with E-state index in [-0.39, 0.29) is 18.3 Å². The predicted molar refractivity (Wildman–Crippen MR) is 126 cm³/mol. The van der Waals surface area contributed by atoms with E-state index < -0.39 is 17.5 Å². The van der Waals surface area contributed by atoms with Crippen molar-refractivity contribution in [1.82, 2.24) is 9.88 Å². The van der Waals surface area contributed by atoms with Crippen molar-refractivity contribution in [2.24, 2.45) is 0 Å². The van der Waals surface area contributed by atoms with Crippen LogP contribution in [0.3, 0.4) is 0 Å². The van der Waals surface area contributed by atoms with Gasteiger partial charge in [-0.25, -0.2) is 14.4 Å². The molecule has 0 unspecified atom stereocenters. The number of urea groups is 1. The van der Waals surface area contributed by atoms with E-state index in [0.717, 1.165) is 11.4 Å². The number of methoxy groups -OCH3 is 1. The molecule has 2 amide bonds. The first kappa shape index (κ1) is 24.2. The van der Waals surface area contributed by atoms with Crippen LogP contribution >= 0.6 is 0 Å². The Hall–Kier alpha value is -3.49. The summed E-state index contributed by atoms with van der Waals surface area (Å²) in [5.74, 6) is -1.03. The third-order valence-electron chi connectivity index (χ3n) is 5.39. The molecule has 0 atom stereocenters. The molecule has 0 saturated carbocycles. The summed E-state index contributed by atoms with van der Waals surface area (Å²) in [6.07, 6.45) is 0.461. The highest BCUT2D eigenvalue weighted by Crippen LogP contribution is 2.26. The van der Waals surface area contributed by atoms with Crippen molar-refractivity contribution in [2.45, 2.75) is 46.3 Å². The number of benzene rings is 1.